The second-order valence-corrected chi connectivity index (χ2v) is 4.14. The molecule has 1 rings (SSSR count). The molecule has 0 aliphatic carbocycles. The fraction of sp³-hybridized carbons (Fsp3) is 0.333. The quantitative estimate of drug-likeness (QED) is 0.771. The van der Waals surface area contributed by atoms with Crippen LogP contribution in [0.25, 0.3) is 0 Å². The zero-order valence-corrected chi connectivity index (χ0v) is 11.1. The van der Waals surface area contributed by atoms with Gasteiger partial charge in [-0.05, 0) is 25.1 Å². The first-order chi connectivity index (χ1) is 8.99. The third kappa shape index (κ3) is 4.11. The number of aliphatic hydroxyl groups excluding tert-OH is 1. The van der Waals surface area contributed by atoms with Gasteiger partial charge in [0.2, 0.25) is 0 Å². The molecule has 0 aliphatic heterocycles. The van der Waals surface area contributed by atoms with Gasteiger partial charge in [-0.3, -0.25) is 0 Å². The highest BCUT2D eigenvalue weighted by atomic mass is 35.5. The number of nitrogens with zero attached hydrogens (tertiary/aromatic N) is 1. The summed E-state index contributed by atoms with van der Waals surface area (Å²) in [5, 5.41) is 20.4. The molecule has 0 heterocycles. The molecule has 0 bridgehead atoms. The summed E-state index contributed by atoms with van der Waals surface area (Å²) in [5.41, 5.74) is 0.257. The van der Waals surface area contributed by atoms with Crippen LogP contribution in [0.3, 0.4) is 0 Å². The van der Waals surface area contributed by atoms with Gasteiger partial charge >= 0.3 is 12.0 Å². The number of likely N-dealkylation sites (N-methyl/N-ethyl adjacent to an activating group) is 1. The second kappa shape index (κ2) is 6.96. The first-order valence-corrected chi connectivity index (χ1v) is 6.07. The van der Waals surface area contributed by atoms with Gasteiger partial charge in [0.1, 0.15) is 0 Å². The lowest BCUT2D eigenvalue weighted by atomic mass is 10.2. The lowest BCUT2D eigenvalue weighted by molar-refractivity contribution is 0.0697. The van der Waals surface area contributed by atoms with E-state index in [4.69, 9.17) is 21.8 Å². The van der Waals surface area contributed by atoms with E-state index in [1.807, 2.05) is 0 Å². The Bertz CT molecular complexity index is 479. The van der Waals surface area contributed by atoms with Crippen molar-refractivity contribution in [2.24, 2.45) is 0 Å². The van der Waals surface area contributed by atoms with E-state index in [0.29, 0.717) is 12.2 Å². The predicted molar refractivity (Wildman–Crippen MR) is 71.8 cm³/mol. The van der Waals surface area contributed by atoms with Crippen LogP contribution in [-0.4, -0.2) is 46.8 Å². The maximum Gasteiger partial charge on any atom is 0.337 e. The molecule has 3 N–H and O–H groups in total. The van der Waals surface area contributed by atoms with Gasteiger partial charge in [-0.25, -0.2) is 9.59 Å². The Hall–Kier alpha value is -1.79. The molecule has 2 amide bonds. The van der Waals surface area contributed by atoms with Crippen molar-refractivity contribution in [2.45, 2.75) is 6.92 Å². The molecular formula is C12H15ClN2O4. The minimum Gasteiger partial charge on any atom is -0.478 e. The van der Waals surface area contributed by atoms with Gasteiger partial charge in [0.25, 0.3) is 0 Å². The van der Waals surface area contributed by atoms with Crippen molar-refractivity contribution in [3.63, 3.8) is 0 Å². The summed E-state index contributed by atoms with van der Waals surface area (Å²) in [6, 6.07) is 3.80. The number of carboxylic acid groups (broad SMARTS) is 1. The first kappa shape index (κ1) is 15.3. The van der Waals surface area contributed by atoms with Gasteiger partial charge < -0.3 is 20.4 Å². The number of urea groups is 1. The molecule has 0 radical (unpaired) electrons. The van der Waals surface area contributed by atoms with Crippen LogP contribution in [0.15, 0.2) is 18.2 Å². The molecule has 1 aromatic rings. The number of amides is 2. The lowest BCUT2D eigenvalue weighted by Crippen LogP contribution is -2.36. The van der Waals surface area contributed by atoms with Crippen LogP contribution in [0.1, 0.15) is 17.3 Å². The molecule has 104 valence electrons. The van der Waals surface area contributed by atoms with E-state index in [2.05, 4.69) is 5.32 Å². The third-order valence-electron chi connectivity index (χ3n) is 2.49. The van der Waals surface area contributed by atoms with E-state index in [9.17, 15) is 9.59 Å². The molecule has 0 aliphatic rings. The number of carbonyl (C=O) groups excluding carboxylic acids is 1. The van der Waals surface area contributed by atoms with E-state index in [1.54, 1.807) is 6.92 Å². The molecule has 1 aromatic carbocycles. The Labute approximate surface area is 115 Å². The average Bonchev–Trinajstić information content (AvgIpc) is 2.37. The van der Waals surface area contributed by atoms with Crippen molar-refractivity contribution in [2.75, 3.05) is 25.0 Å². The van der Waals surface area contributed by atoms with Crippen LogP contribution in [0.4, 0.5) is 10.5 Å². The Balaban J connectivity index is 2.85. The van der Waals surface area contributed by atoms with Gasteiger partial charge in [0.05, 0.1) is 17.2 Å². The number of hydrogen-bond donors (Lipinski definition) is 3. The molecule has 0 saturated carbocycles. The maximum absolute atomic E-state index is 11.8. The van der Waals surface area contributed by atoms with Gasteiger partial charge in [-0.1, -0.05) is 11.6 Å². The second-order valence-electron chi connectivity index (χ2n) is 3.73. The molecule has 0 atom stereocenters. The standard InChI is InChI=1S/C12H15ClN2O4/c1-2-15(5-6-16)12(19)14-8-3-4-10(13)9(7-8)11(17)18/h3-4,7,16H,2,5-6H2,1H3,(H,14,19)(H,17,18). The normalized spacial score (nSPS) is 10.1. The summed E-state index contributed by atoms with van der Waals surface area (Å²) >= 11 is 5.73. The van der Waals surface area contributed by atoms with Crippen LogP contribution >= 0.6 is 11.6 Å². The van der Waals surface area contributed by atoms with Gasteiger partial charge in [0.15, 0.2) is 0 Å². The average molecular weight is 287 g/mol. The molecule has 6 nitrogen and oxygen atoms in total. The van der Waals surface area contributed by atoms with Crippen molar-refractivity contribution in [1.29, 1.82) is 0 Å². The Kier molecular flexibility index (Phi) is 5.59. The minimum absolute atomic E-state index is 0.0790. The number of aliphatic hydroxyl groups is 1. The summed E-state index contributed by atoms with van der Waals surface area (Å²) in [6.45, 7) is 2.29. The number of benzene rings is 1. The highest BCUT2D eigenvalue weighted by molar-refractivity contribution is 6.33. The van der Waals surface area contributed by atoms with Crippen LogP contribution < -0.4 is 5.32 Å². The van der Waals surface area contributed by atoms with E-state index >= 15 is 0 Å². The molecule has 0 saturated heterocycles. The number of carbonyl (C=O) groups is 2. The molecule has 19 heavy (non-hydrogen) atoms. The predicted octanol–water partition coefficient (Wildman–Crippen LogP) is 1.88. The highest BCUT2D eigenvalue weighted by Gasteiger charge is 2.13. The lowest BCUT2D eigenvalue weighted by Gasteiger charge is -2.20. The summed E-state index contributed by atoms with van der Waals surface area (Å²) in [7, 11) is 0. The topological polar surface area (TPSA) is 89.9 Å². The smallest absolute Gasteiger partial charge is 0.337 e. The van der Waals surface area contributed by atoms with Gasteiger partial charge in [-0.2, -0.15) is 0 Å². The van der Waals surface area contributed by atoms with Crippen LogP contribution in [0.2, 0.25) is 5.02 Å². The Morgan fingerprint density at radius 2 is 2.11 bits per heavy atom. The fourth-order valence-electron chi connectivity index (χ4n) is 1.49. The van der Waals surface area contributed by atoms with E-state index in [0.717, 1.165) is 0 Å². The Morgan fingerprint density at radius 1 is 1.42 bits per heavy atom. The fourth-order valence-corrected chi connectivity index (χ4v) is 1.69. The number of aromatic carboxylic acids is 1. The zero-order valence-electron chi connectivity index (χ0n) is 10.4. The zero-order chi connectivity index (χ0) is 14.4. The van der Waals surface area contributed by atoms with Crippen molar-refractivity contribution < 1.29 is 19.8 Å². The molecule has 0 fully saturated rings. The van der Waals surface area contributed by atoms with E-state index in [1.165, 1.54) is 23.1 Å². The number of hydrogen-bond acceptors (Lipinski definition) is 3. The molecule has 0 unspecified atom stereocenters. The summed E-state index contributed by atoms with van der Waals surface area (Å²) in [6.07, 6.45) is 0. The molecule has 0 aromatic heterocycles. The SMILES string of the molecule is CCN(CCO)C(=O)Nc1ccc(Cl)c(C(=O)O)c1. The largest absolute Gasteiger partial charge is 0.478 e. The van der Waals surface area contributed by atoms with Crippen molar-refractivity contribution >= 4 is 29.3 Å². The van der Waals surface area contributed by atoms with E-state index < -0.39 is 12.0 Å². The number of carboxylic acids is 1. The van der Waals surface area contributed by atoms with Crippen LogP contribution in [-0.2, 0) is 0 Å². The minimum atomic E-state index is -1.16. The number of nitrogens with one attached hydrogen (secondary N) is 1. The van der Waals surface area contributed by atoms with E-state index in [-0.39, 0.29) is 23.7 Å². The monoisotopic (exact) mass is 286 g/mol. The summed E-state index contributed by atoms with van der Waals surface area (Å²) < 4.78 is 0. The molecular weight excluding hydrogens is 272 g/mol. The van der Waals surface area contributed by atoms with Crippen molar-refractivity contribution in [3.8, 4) is 0 Å². The molecule has 0 spiro atoms. The number of rotatable bonds is 5. The summed E-state index contributed by atoms with van der Waals surface area (Å²) in [4.78, 5) is 24.1. The maximum atomic E-state index is 11.8. The third-order valence-corrected chi connectivity index (χ3v) is 2.82. The summed E-state index contributed by atoms with van der Waals surface area (Å²) in [5.74, 6) is -1.16. The highest BCUT2D eigenvalue weighted by Crippen LogP contribution is 2.20. The van der Waals surface area contributed by atoms with Crippen LogP contribution in [0.5, 0.6) is 0 Å². The van der Waals surface area contributed by atoms with Crippen molar-refractivity contribution in [1.82, 2.24) is 4.90 Å². The number of halogens is 1. The Morgan fingerprint density at radius 3 is 2.63 bits per heavy atom. The number of anilines is 1. The van der Waals surface area contributed by atoms with Gasteiger partial charge in [0, 0.05) is 18.8 Å². The van der Waals surface area contributed by atoms with Crippen LogP contribution in [0, 0.1) is 0 Å². The molecule has 7 heteroatoms. The van der Waals surface area contributed by atoms with Gasteiger partial charge in [-0.15, -0.1) is 0 Å². The van der Waals surface area contributed by atoms with Crippen molar-refractivity contribution in [3.05, 3.63) is 28.8 Å². The first-order valence-electron chi connectivity index (χ1n) is 5.69.